The number of aryl methyl sites for hydroxylation is 1. The molecule has 4 rings (SSSR count). The molecule has 1 atom stereocenters. The average Bonchev–Trinajstić information content (AvgIpc) is 2.78. The molecule has 0 aliphatic carbocycles. The summed E-state index contributed by atoms with van der Waals surface area (Å²) in [7, 11) is 0. The molecular weight excluding hydrogens is 366 g/mol. The zero-order valence-electron chi connectivity index (χ0n) is 17.1. The van der Waals surface area contributed by atoms with Crippen molar-refractivity contribution in [2.24, 2.45) is 0 Å². The van der Waals surface area contributed by atoms with Crippen molar-refractivity contribution in [3.8, 4) is 0 Å². The molecule has 0 aromatic heterocycles. The van der Waals surface area contributed by atoms with E-state index in [-0.39, 0.29) is 11.8 Å². The van der Waals surface area contributed by atoms with Crippen LogP contribution in [0.4, 0.5) is 5.69 Å². The molecular formula is C28H25NO. The molecule has 2 heteroatoms. The summed E-state index contributed by atoms with van der Waals surface area (Å²) in [5.41, 5.74) is 5.26. The topological polar surface area (TPSA) is 20.3 Å². The van der Waals surface area contributed by atoms with Crippen LogP contribution in [-0.4, -0.2) is 5.91 Å². The van der Waals surface area contributed by atoms with E-state index < -0.39 is 0 Å². The largest absolute Gasteiger partial charge is 0.278 e. The van der Waals surface area contributed by atoms with Gasteiger partial charge in [-0.2, -0.15) is 0 Å². The van der Waals surface area contributed by atoms with Gasteiger partial charge in [0.25, 0.3) is 5.91 Å². The predicted molar refractivity (Wildman–Crippen MR) is 125 cm³/mol. The molecule has 148 valence electrons. The first kappa shape index (κ1) is 19.7. The van der Waals surface area contributed by atoms with Gasteiger partial charge in [0.05, 0.1) is 0 Å². The van der Waals surface area contributed by atoms with Gasteiger partial charge in [0.2, 0.25) is 0 Å². The van der Waals surface area contributed by atoms with Crippen LogP contribution in [0, 0.1) is 6.92 Å². The number of anilines is 1. The molecule has 0 fully saturated rings. The third-order valence-electron chi connectivity index (χ3n) is 5.27. The van der Waals surface area contributed by atoms with E-state index in [9.17, 15) is 4.79 Å². The number of rotatable bonds is 4. The second-order valence-corrected chi connectivity index (χ2v) is 7.50. The Labute approximate surface area is 178 Å². The molecule has 2 nitrogen and oxygen atoms in total. The van der Waals surface area contributed by atoms with Crippen molar-refractivity contribution in [2.45, 2.75) is 19.3 Å². The first-order valence-corrected chi connectivity index (χ1v) is 10.3. The lowest BCUT2D eigenvalue weighted by Crippen LogP contribution is -2.29. The second-order valence-electron chi connectivity index (χ2n) is 7.50. The molecule has 1 heterocycles. The van der Waals surface area contributed by atoms with Gasteiger partial charge in [0.1, 0.15) is 0 Å². The molecule has 0 N–H and O–H groups in total. The third-order valence-corrected chi connectivity index (χ3v) is 5.27. The highest BCUT2D eigenvalue weighted by Gasteiger charge is 2.21. The van der Waals surface area contributed by atoms with E-state index in [0.717, 1.165) is 23.4 Å². The minimum absolute atomic E-state index is 0.0330. The van der Waals surface area contributed by atoms with E-state index in [4.69, 9.17) is 0 Å². The molecule has 1 amide bonds. The number of benzene rings is 3. The van der Waals surface area contributed by atoms with Gasteiger partial charge in [-0.3, -0.25) is 9.69 Å². The SMILES string of the molecule is Cc1ccc(N2C(=O)/C=C\CC(c3ccccc3)/C=C2/C=C/c2ccccc2)cc1. The van der Waals surface area contributed by atoms with E-state index >= 15 is 0 Å². The summed E-state index contributed by atoms with van der Waals surface area (Å²) < 4.78 is 0. The Morgan fingerprint density at radius 2 is 1.50 bits per heavy atom. The summed E-state index contributed by atoms with van der Waals surface area (Å²) in [6.45, 7) is 2.05. The van der Waals surface area contributed by atoms with Crippen molar-refractivity contribution < 1.29 is 4.79 Å². The lowest BCUT2D eigenvalue weighted by molar-refractivity contribution is -0.113. The highest BCUT2D eigenvalue weighted by atomic mass is 16.2. The Bertz CT molecular complexity index is 1080. The third kappa shape index (κ3) is 4.66. The summed E-state index contributed by atoms with van der Waals surface area (Å²) in [5, 5.41) is 0. The first-order chi connectivity index (χ1) is 14.7. The smallest absolute Gasteiger partial charge is 0.255 e. The van der Waals surface area contributed by atoms with Crippen LogP contribution >= 0.6 is 0 Å². The standard InChI is InChI=1S/C28H25NO/c1-22-15-18-26(19-16-22)29-27(20-17-23-9-4-2-5-10-23)21-25(13-8-14-28(29)30)24-11-6-3-7-12-24/h2-12,14-21,25H,13H2,1H3/b14-8-,20-17+,27-21-. The van der Waals surface area contributed by atoms with Gasteiger partial charge in [-0.05, 0) is 48.8 Å². The van der Waals surface area contributed by atoms with Crippen molar-refractivity contribution in [3.05, 3.63) is 132 Å². The summed E-state index contributed by atoms with van der Waals surface area (Å²) in [4.78, 5) is 14.9. The predicted octanol–water partition coefficient (Wildman–Crippen LogP) is 6.67. The maximum Gasteiger partial charge on any atom is 0.255 e. The van der Waals surface area contributed by atoms with Crippen LogP contribution in [0.3, 0.4) is 0 Å². The molecule has 1 unspecified atom stereocenters. The van der Waals surface area contributed by atoms with Gasteiger partial charge >= 0.3 is 0 Å². The van der Waals surface area contributed by atoms with Gasteiger partial charge in [0.15, 0.2) is 0 Å². The molecule has 0 spiro atoms. The van der Waals surface area contributed by atoms with Gasteiger partial charge < -0.3 is 0 Å². The van der Waals surface area contributed by atoms with Crippen LogP contribution in [-0.2, 0) is 4.79 Å². The number of hydrogen-bond donors (Lipinski definition) is 0. The number of amides is 1. The highest BCUT2D eigenvalue weighted by molar-refractivity contribution is 6.04. The van der Waals surface area contributed by atoms with Crippen LogP contribution in [0.5, 0.6) is 0 Å². The Hall–Kier alpha value is -3.65. The number of carbonyl (C=O) groups is 1. The van der Waals surface area contributed by atoms with E-state index in [1.165, 1.54) is 11.1 Å². The van der Waals surface area contributed by atoms with Crippen molar-refractivity contribution in [2.75, 3.05) is 4.90 Å². The quantitative estimate of drug-likeness (QED) is 0.486. The number of allylic oxidation sites excluding steroid dienone is 3. The van der Waals surface area contributed by atoms with Crippen molar-refractivity contribution in [1.82, 2.24) is 0 Å². The lowest BCUT2D eigenvalue weighted by Gasteiger charge is -2.26. The summed E-state index contributed by atoms with van der Waals surface area (Å²) in [6.07, 6.45) is 10.8. The minimum atomic E-state index is -0.0330. The Balaban J connectivity index is 1.80. The fourth-order valence-electron chi connectivity index (χ4n) is 3.64. The minimum Gasteiger partial charge on any atom is -0.278 e. The molecule has 0 saturated heterocycles. The molecule has 3 aromatic rings. The van der Waals surface area contributed by atoms with Crippen LogP contribution in [0.15, 0.2) is 115 Å². The Kier molecular flexibility index (Phi) is 6.05. The fourth-order valence-corrected chi connectivity index (χ4v) is 3.64. The van der Waals surface area contributed by atoms with Crippen LogP contribution in [0.2, 0.25) is 0 Å². The van der Waals surface area contributed by atoms with Gasteiger partial charge in [-0.25, -0.2) is 0 Å². The van der Waals surface area contributed by atoms with E-state index in [2.05, 4.69) is 55.5 Å². The monoisotopic (exact) mass is 391 g/mol. The summed E-state index contributed by atoms with van der Waals surface area (Å²) in [6, 6.07) is 28.7. The molecule has 0 radical (unpaired) electrons. The normalized spacial score (nSPS) is 19.8. The number of hydrogen-bond acceptors (Lipinski definition) is 1. The molecule has 30 heavy (non-hydrogen) atoms. The maximum atomic E-state index is 13.1. The zero-order chi connectivity index (χ0) is 20.8. The first-order valence-electron chi connectivity index (χ1n) is 10.3. The molecule has 0 bridgehead atoms. The summed E-state index contributed by atoms with van der Waals surface area (Å²) >= 11 is 0. The lowest BCUT2D eigenvalue weighted by atomic mass is 9.93. The van der Waals surface area contributed by atoms with Crippen LogP contribution < -0.4 is 4.90 Å². The maximum absolute atomic E-state index is 13.1. The number of nitrogens with zero attached hydrogens (tertiary/aromatic N) is 1. The van der Waals surface area contributed by atoms with Crippen molar-refractivity contribution in [1.29, 1.82) is 0 Å². The molecule has 1 aliphatic heterocycles. The molecule has 0 saturated carbocycles. The van der Waals surface area contributed by atoms with E-state index in [1.54, 1.807) is 11.0 Å². The molecule has 3 aromatic carbocycles. The van der Waals surface area contributed by atoms with E-state index in [1.807, 2.05) is 60.7 Å². The van der Waals surface area contributed by atoms with Gasteiger partial charge in [0, 0.05) is 17.3 Å². The molecule has 1 aliphatic rings. The van der Waals surface area contributed by atoms with Crippen molar-refractivity contribution in [3.63, 3.8) is 0 Å². The zero-order valence-corrected chi connectivity index (χ0v) is 17.1. The van der Waals surface area contributed by atoms with Crippen LogP contribution in [0.25, 0.3) is 6.08 Å². The highest BCUT2D eigenvalue weighted by Crippen LogP contribution is 2.30. The van der Waals surface area contributed by atoms with Gasteiger partial charge in [-0.1, -0.05) is 96.6 Å². The fraction of sp³-hybridized carbons (Fsp3) is 0.107. The summed E-state index contributed by atoms with van der Waals surface area (Å²) in [5.74, 6) is 0.160. The van der Waals surface area contributed by atoms with Crippen molar-refractivity contribution >= 4 is 17.7 Å². The van der Waals surface area contributed by atoms with E-state index in [0.29, 0.717) is 0 Å². The Morgan fingerprint density at radius 3 is 2.20 bits per heavy atom. The average molecular weight is 392 g/mol. The Morgan fingerprint density at radius 1 is 0.833 bits per heavy atom. The second kappa shape index (κ2) is 9.23. The van der Waals surface area contributed by atoms with Crippen LogP contribution in [0.1, 0.15) is 29.0 Å². The number of carbonyl (C=O) groups excluding carboxylic acids is 1. The van der Waals surface area contributed by atoms with Gasteiger partial charge in [-0.15, -0.1) is 0 Å².